The Balaban J connectivity index is 2.35. The van der Waals surface area contributed by atoms with Crippen LogP contribution in [0.25, 0.3) is 0 Å². The van der Waals surface area contributed by atoms with Crippen molar-refractivity contribution in [1.29, 1.82) is 0 Å². The first kappa shape index (κ1) is 5.95. The van der Waals surface area contributed by atoms with Gasteiger partial charge in [-0.3, -0.25) is 0 Å². The van der Waals surface area contributed by atoms with Crippen molar-refractivity contribution >= 4 is 17.7 Å². The first-order chi connectivity index (χ1) is 3.80. The van der Waals surface area contributed by atoms with E-state index in [0.29, 0.717) is 0 Å². The minimum atomic E-state index is -0.896. The molecule has 0 aliphatic carbocycles. The van der Waals surface area contributed by atoms with Crippen molar-refractivity contribution in [2.75, 3.05) is 5.75 Å². The van der Waals surface area contributed by atoms with Crippen molar-refractivity contribution in [3.8, 4) is 0 Å². The van der Waals surface area contributed by atoms with Gasteiger partial charge in [0.05, 0.1) is 5.97 Å². The van der Waals surface area contributed by atoms with Crippen molar-refractivity contribution in [2.45, 2.75) is 18.1 Å². The fraction of sp³-hybridized carbons (Fsp3) is 0.800. The molecule has 1 heterocycles. The fourth-order valence-electron chi connectivity index (χ4n) is 0.764. The molecule has 0 saturated carbocycles. The number of rotatable bonds is 1. The molecule has 2 nitrogen and oxygen atoms in total. The van der Waals surface area contributed by atoms with Gasteiger partial charge in [-0.15, -0.1) is 0 Å². The molecule has 0 radical (unpaired) electrons. The summed E-state index contributed by atoms with van der Waals surface area (Å²) in [4.78, 5) is 10.1. The number of carbonyl (C=O) groups excluding carboxylic acids is 1. The van der Waals surface area contributed by atoms with Crippen molar-refractivity contribution in [3.05, 3.63) is 0 Å². The van der Waals surface area contributed by atoms with Gasteiger partial charge in [0.15, 0.2) is 0 Å². The quantitative estimate of drug-likeness (QED) is 0.487. The lowest BCUT2D eigenvalue weighted by atomic mass is 10.3. The Bertz CT molecular complexity index is 96.6. The van der Waals surface area contributed by atoms with Gasteiger partial charge in [0.25, 0.3) is 0 Å². The Kier molecular flexibility index (Phi) is 1.78. The van der Waals surface area contributed by atoms with Crippen LogP contribution < -0.4 is 5.11 Å². The lowest BCUT2D eigenvalue weighted by Gasteiger charge is -2.06. The molecule has 1 unspecified atom stereocenters. The number of aliphatic carboxylic acids is 1. The number of carboxylic acid groups (broad SMARTS) is 1. The van der Waals surface area contributed by atoms with E-state index < -0.39 is 5.97 Å². The van der Waals surface area contributed by atoms with Crippen LogP contribution in [0, 0.1) is 0 Å². The van der Waals surface area contributed by atoms with Gasteiger partial charge in [-0.25, -0.2) is 0 Å². The molecule has 1 atom stereocenters. The zero-order valence-corrected chi connectivity index (χ0v) is 5.24. The molecule has 0 aromatic heterocycles. The summed E-state index contributed by atoms with van der Waals surface area (Å²) in [6.07, 6.45) is 1.83. The maximum absolute atomic E-state index is 10.1. The van der Waals surface area contributed by atoms with Gasteiger partial charge in [0.2, 0.25) is 0 Å². The average molecular weight is 131 g/mol. The van der Waals surface area contributed by atoms with Crippen LogP contribution in [0.4, 0.5) is 0 Å². The van der Waals surface area contributed by atoms with Crippen LogP contribution in [0.2, 0.25) is 0 Å². The molecule has 0 bridgehead atoms. The second kappa shape index (κ2) is 2.40. The van der Waals surface area contributed by atoms with Crippen LogP contribution in [0.3, 0.4) is 0 Å². The Labute approximate surface area is 52.3 Å². The van der Waals surface area contributed by atoms with E-state index in [1.807, 2.05) is 0 Å². The van der Waals surface area contributed by atoms with E-state index in [1.54, 1.807) is 0 Å². The molecule has 0 spiro atoms. The van der Waals surface area contributed by atoms with E-state index >= 15 is 0 Å². The largest absolute Gasteiger partial charge is 0.549 e. The van der Waals surface area contributed by atoms with Gasteiger partial charge in [0, 0.05) is 5.25 Å². The molecule has 0 amide bonds. The molecule has 1 aliphatic rings. The Morgan fingerprint density at radius 1 is 1.75 bits per heavy atom. The summed E-state index contributed by atoms with van der Waals surface area (Å²) >= 11 is 1.49. The maximum atomic E-state index is 10.1. The fourth-order valence-corrected chi connectivity index (χ4v) is 1.85. The molecule has 0 N–H and O–H groups in total. The van der Waals surface area contributed by atoms with Gasteiger partial charge in [-0.2, -0.15) is 11.8 Å². The lowest BCUT2D eigenvalue weighted by Crippen LogP contribution is -2.31. The minimum absolute atomic E-state index is 0.213. The van der Waals surface area contributed by atoms with Crippen molar-refractivity contribution in [1.82, 2.24) is 0 Å². The zero-order chi connectivity index (χ0) is 5.98. The van der Waals surface area contributed by atoms with E-state index in [9.17, 15) is 9.90 Å². The van der Waals surface area contributed by atoms with Gasteiger partial charge >= 0.3 is 0 Å². The summed E-state index contributed by atoms with van der Waals surface area (Å²) in [5, 5.41) is 9.86. The van der Waals surface area contributed by atoms with E-state index in [-0.39, 0.29) is 5.25 Å². The number of thioether (sulfide) groups is 1. The Morgan fingerprint density at radius 3 is 2.75 bits per heavy atom. The van der Waals surface area contributed by atoms with Crippen LogP contribution in [-0.2, 0) is 4.79 Å². The van der Waals surface area contributed by atoms with Crippen LogP contribution >= 0.6 is 11.8 Å². The number of carbonyl (C=O) groups is 1. The standard InChI is InChI=1S/C5H8O2S/c6-5(7)4-2-1-3-8-4/h4H,1-3H2,(H,6,7)/p-1. The molecule has 8 heavy (non-hydrogen) atoms. The first-order valence-corrected chi connectivity index (χ1v) is 3.68. The molecule has 1 fully saturated rings. The maximum Gasteiger partial charge on any atom is 0.0544 e. The molecular formula is C5H7O2S-. The second-order valence-corrected chi connectivity index (χ2v) is 3.13. The summed E-state index contributed by atoms with van der Waals surface area (Å²) in [5.74, 6) is 0.0889. The topological polar surface area (TPSA) is 40.1 Å². The summed E-state index contributed by atoms with van der Waals surface area (Å²) < 4.78 is 0. The van der Waals surface area contributed by atoms with Gasteiger partial charge in [-0.05, 0) is 18.6 Å². The SMILES string of the molecule is O=C([O-])C1CCCS1. The number of carboxylic acids is 1. The second-order valence-electron chi connectivity index (χ2n) is 1.82. The molecule has 0 aromatic carbocycles. The van der Waals surface area contributed by atoms with Crippen LogP contribution in [0.1, 0.15) is 12.8 Å². The molecule has 3 heteroatoms. The first-order valence-electron chi connectivity index (χ1n) is 2.63. The number of hydrogen-bond acceptors (Lipinski definition) is 3. The minimum Gasteiger partial charge on any atom is -0.549 e. The highest BCUT2D eigenvalue weighted by atomic mass is 32.2. The molecule has 0 aromatic rings. The summed E-state index contributed by atoms with van der Waals surface area (Å²) in [5.41, 5.74) is 0. The van der Waals surface area contributed by atoms with E-state index in [1.165, 1.54) is 11.8 Å². The van der Waals surface area contributed by atoms with E-state index in [4.69, 9.17) is 0 Å². The summed E-state index contributed by atoms with van der Waals surface area (Å²) in [6, 6.07) is 0. The van der Waals surface area contributed by atoms with Crippen LogP contribution in [0.15, 0.2) is 0 Å². The van der Waals surface area contributed by atoms with Gasteiger partial charge in [0.1, 0.15) is 0 Å². The van der Waals surface area contributed by atoms with Crippen LogP contribution in [0.5, 0.6) is 0 Å². The van der Waals surface area contributed by atoms with Gasteiger partial charge in [-0.1, -0.05) is 0 Å². The Morgan fingerprint density at radius 2 is 2.50 bits per heavy atom. The smallest absolute Gasteiger partial charge is 0.0544 e. The van der Waals surface area contributed by atoms with Crippen molar-refractivity contribution < 1.29 is 9.90 Å². The normalized spacial score (nSPS) is 28.2. The predicted octanol–water partition coefficient (Wildman–Crippen LogP) is -0.368. The van der Waals surface area contributed by atoms with Crippen LogP contribution in [-0.4, -0.2) is 17.0 Å². The lowest BCUT2D eigenvalue weighted by molar-refractivity contribution is -0.304. The van der Waals surface area contributed by atoms with Gasteiger partial charge < -0.3 is 9.90 Å². The molecule has 1 saturated heterocycles. The third-order valence-corrected chi connectivity index (χ3v) is 2.55. The predicted molar refractivity (Wildman–Crippen MR) is 30.5 cm³/mol. The third kappa shape index (κ3) is 1.15. The zero-order valence-electron chi connectivity index (χ0n) is 4.42. The Hall–Kier alpha value is -0.180. The molecular weight excluding hydrogens is 124 g/mol. The highest BCUT2D eigenvalue weighted by Crippen LogP contribution is 2.24. The monoisotopic (exact) mass is 131 g/mol. The number of hydrogen-bond donors (Lipinski definition) is 0. The summed E-state index contributed by atoms with van der Waals surface area (Å²) in [6.45, 7) is 0. The third-order valence-electron chi connectivity index (χ3n) is 1.19. The summed E-state index contributed by atoms with van der Waals surface area (Å²) in [7, 11) is 0. The highest BCUT2D eigenvalue weighted by molar-refractivity contribution is 8.00. The molecule has 46 valence electrons. The van der Waals surface area contributed by atoms with E-state index in [0.717, 1.165) is 18.6 Å². The van der Waals surface area contributed by atoms with Crippen molar-refractivity contribution in [2.24, 2.45) is 0 Å². The molecule has 1 aliphatic heterocycles. The highest BCUT2D eigenvalue weighted by Gasteiger charge is 2.15. The average Bonchev–Trinajstić information content (AvgIpc) is 2.12. The molecule has 1 rings (SSSR count). The van der Waals surface area contributed by atoms with E-state index in [2.05, 4.69) is 0 Å². The van der Waals surface area contributed by atoms with Crippen molar-refractivity contribution in [3.63, 3.8) is 0 Å².